The number of esters is 1. The standard InChI is InChI=1S/C29H58O10/c1-3-5-7-8-9-11-29(30)39-28-27-38-26-25-37-24-23-36-22-21-35-20-19-34-18-17-33-16-15-32-14-13-31-12-10-6-4-2/h3-28H2,1-2H3. The first-order chi connectivity index (χ1) is 19.3. The molecule has 39 heavy (non-hydrogen) atoms. The SMILES string of the molecule is CCCCCCCC(=O)OCCOCCOCCOCCOCCOCCOCCOCCOCCCCC. The Balaban J connectivity index is 3.08. The van der Waals surface area contributed by atoms with Crippen molar-refractivity contribution in [1.82, 2.24) is 0 Å². The quantitative estimate of drug-likeness (QED) is 0.0832. The van der Waals surface area contributed by atoms with Gasteiger partial charge in [-0.1, -0.05) is 52.4 Å². The molecular formula is C29H58O10. The minimum atomic E-state index is -0.142. The number of ether oxygens (including phenoxy) is 9. The van der Waals surface area contributed by atoms with Crippen LogP contribution in [0.1, 0.15) is 71.6 Å². The van der Waals surface area contributed by atoms with E-state index in [0.29, 0.717) is 112 Å². The van der Waals surface area contributed by atoms with Gasteiger partial charge in [0.15, 0.2) is 0 Å². The van der Waals surface area contributed by atoms with Crippen LogP contribution in [-0.2, 0) is 47.4 Å². The van der Waals surface area contributed by atoms with E-state index in [9.17, 15) is 4.79 Å². The Labute approximate surface area is 237 Å². The van der Waals surface area contributed by atoms with Gasteiger partial charge in [-0.3, -0.25) is 4.79 Å². The summed E-state index contributed by atoms with van der Waals surface area (Å²) in [7, 11) is 0. The Kier molecular flexibility index (Phi) is 34.4. The summed E-state index contributed by atoms with van der Waals surface area (Å²) in [6, 6.07) is 0. The third kappa shape index (κ3) is 35.1. The third-order valence-corrected chi connectivity index (χ3v) is 5.47. The van der Waals surface area contributed by atoms with Gasteiger partial charge in [0.05, 0.1) is 99.1 Å². The first-order valence-corrected chi connectivity index (χ1v) is 15.1. The Morgan fingerprint density at radius 1 is 0.359 bits per heavy atom. The smallest absolute Gasteiger partial charge is 0.305 e. The van der Waals surface area contributed by atoms with Gasteiger partial charge < -0.3 is 42.6 Å². The summed E-state index contributed by atoms with van der Waals surface area (Å²) in [5, 5.41) is 0. The Morgan fingerprint density at radius 2 is 0.667 bits per heavy atom. The highest BCUT2D eigenvalue weighted by atomic mass is 16.6. The molecule has 10 heteroatoms. The van der Waals surface area contributed by atoms with Gasteiger partial charge in [-0.2, -0.15) is 0 Å². The van der Waals surface area contributed by atoms with E-state index in [2.05, 4.69) is 13.8 Å². The number of carbonyl (C=O) groups is 1. The maximum absolute atomic E-state index is 11.6. The van der Waals surface area contributed by atoms with Gasteiger partial charge in [-0.05, 0) is 12.8 Å². The maximum atomic E-state index is 11.6. The molecule has 0 bridgehead atoms. The van der Waals surface area contributed by atoms with Gasteiger partial charge in [-0.15, -0.1) is 0 Å². The highest BCUT2D eigenvalue weighted by molar-refractivity contribution is 5.69. The van der Waals surface area contributed by atoms with Crippen molar-refractivity contribution < 1.29 is 47.4 Å². The Morgan fingerprint density at radius 3 is 1.05 bits per heavy atom. The van der Waals surface area contributed by atoms with Crippen LogP contribution in [0.4, 0.5) is 0 Å². The number of carbonyl (C=O) groups excluding carboxylic acids is 1. The van der Waals surface area contributed by atoms with Crippen LogP contribution >= 0.6 is 0 Å². The number of hydrogen-bond donors (Lipinski definition) is 0. The summed E-state index contributed by atoms with van der Waals surface area (Å²) in [4.78, 5) is 11.6. The summed E-state index contributed by atoms with van der Waals surface area (Å²) >= 11 is 0. The first-order valence-electron chi connectivity index (χ1n) is 15.1. The largest absolute Gasteiger partial charge is 0.463 e. The lowest BCUT2D eigenvalue weighted by molar-refractivity contribution is -0.145. The molecule has 0 aliphatic rings. The van der Waals surface area contributed by atoms with Crippen molar-refractivity contribution >= 4 is 5.97 Å². The molecule has 0 fully saturated rings. The fourth-order valence-electron chi connectivity index (χ4n) is 3.26. The van der Waals surface area contributed by atoms with Gasteiger partial charge in [0.25, 0.3) is 0 Å². The zero-order valence-corrected chi connectivity index (χ0v) is 25.0. The van der Waals surface area contributed by atoms with Crippen molar-refractivity contribution in [3.8, 4) is 0 Å². The molecule has 0 aromatic carbocycles. The number of rotatable bonds is 34. The Hall–Kier alpha value is -0.850. The summed E-state index contributed by atoms with van der Waals surface area (Å²) < 4.78 is 48.8. The van der Waals surface area contributed by atoms with Crippen LogP contribution < -0.4 is 0 Å². The average Bonchev–Trinajstić information content (AvgIpc) is 2.94. The average molecular weight is 567 g/mol. The molecule has 0 aromatic rings. The van der Waals surface area contributed by atoms with Crippen LogP contribution in [0.5, 0.6) is 0 Å². The van der Waals surface area contributed by atoms with Gasteiger partial charge in [-0.25, -0.2) is 0 Å². The van der Waals surface area contributed by atoms with Crippen LogP contribution in [0, 0.1) is 0 Å². The summed E-state index contributed by atoms with van der Waals surface area (Å²) in [5.41, 5.74) is 0. The van der Waals surface area contributed by atoms with Crippen LogP contribution in [0.15, 0.2) is 0 Å². The molecule has 0 amide bonds. The van der Waals surface area contributed by atoms with Gasteiger partial charge >= 0.3 is 5.97 Å². The molecule has 0 N–H and O–H groups in total. The summed E-state index contributed by atoms with van der Waals surface area (Å²) in [6.07, 6.45) is 9.65. The van der Waals surface area contributed by atoms with Crippen LogP contribution in [0.2, 0.25) is 0 Å². The molecule has 0 atom stereocenters. The molecule has 0 spiro atoms. The van der Waals surface area contributed by atoms with E-state index in [1.807, 2.05) is 0 Å². The molecule has 0 radical (unpaired) electrons. The molecule has 0 aromatic heterocycles. The lowest BCUT2D eigenvalue weighted by atomic mass is 10.1. The van der Waals surface area contributed by atoms with E-state index in [-0.39, 0.29) is 5.97 Å². The highest BCUT2D eigenvalue weighted by Crippen LogP contribution is 2.05. The van der Waals surface area contributed by atoms with Crippen molar-refractivity contribution in [2.75, 3.05) is 112 Å². The fourth-order valence-corrected chi connectivity index (χ4v) is 3.26. The summed E-state index contributed by atoms with van der Waals surface area (Å²) in [5.74, 6) is -0.142. The molecule has 0 heterocycles. The lowest BCUT2D eigenvalue weighted by Crippen LogP contribution is -2.15. The van der Waals surface area contributed by atoms with Gasteiger partial charge in [0.1, 0.15) is 6.61 Å². The lowest BCUT2D eigenvalue weighted by Gasteiger charge is -2.09. The monoisotopic (exact) mass is 566 g/mol. The zero-order chi connectivity index (χ0) is 28.3. The van der Waals surface area contributed by atoms with Crippen molar-refractivity contribution in [3.63, 3.8) is 0 Å². The molecule has 234 valence electrons. The maximum Gasteiger partial charge on any atom is 0.305 e. The van der Waals surface area contributed by atoms with Crippen molar-refractivity contribution in [3.05, 3.63) is 0 Å². The molecule has 0 rings (SSSR count). The molecule has 0 saturated carbocycles. The number of unbranched alkanes of at least 4 members (excludes halogenated alkanes) is 6. The van der Waals surface area contributed by atoms with E-state index in [1.54, 1.807) is 0 Å². The Bertz CT molecular complexity index is 467. The van der Waals surface area contributed by atoms with Crippen molar-refractivity contribution in [2.45, 2.75) is 71.6 Å². The molecule has 0 aliphatic carbocycles. The minimum absolute atomic E-state index is 0.142. The topological polar surface area (TPSA) is 100 Å². The molecular weight excluding hydrogens is 508 g/mol. The van der Waals surface area contributed by atoms with E-state index < -0.39 is 0 Å². The minimum Gasteiger partial charge on any atom is -0.463 e. The first kappa shape index (κ1) is 38.1. The molecule has 0 saturated heterocycles. The van der Waals surface area contributed by atoms with Gasteiger partial charge in [0, 0.05) is 13.0 Å². The van der Waals surface area contributed by atoms with Crippen LogP contribution in [0.25, 0.3) is 0 Å². The second-order valence-electron chi connectivity index (χ2n) is 8.99. The van der Waals surface area contributed by atoms with Crippen molar-refractivity contribution in [1.29, 1.82) is 0 Å². The normalized spacial score (nSPS) is 11.3. The molecule has 10 nitrogen and oxygen atoms in total. The van der Waals surface area contributed by atoms with E-state index in [4.69, 9.17) is 42.6 Å². The molecule has 0 unspecified atom stereocenters. The zero-order valence-electron chi connectivity index (χ0n) is 25.0. The fraction of sp³-hybridized carbons (Fsp3) is 0.966. The second-order valence-corrected chi connectivity index (χ2v) is 8.99. The third-order valence-electron chi connectivity index (χ3n) is 5.47. The highest BCUT2D eigenvalue weighted by Gasteiger charge is 2.02. The van der Waals surface area contributed by atoms with Crippen LogP contribution in [0.3, 0.4) is 0 Å². The van der Waals surface area contributed by atoms with E-state index in [0.717, 1.165) is 25.9 Å². The second kappa shape index (κ2) is 35.2. The van der Waals surface area contributed by atoms with Crippen molar-refractivity contribution in [2.24, 2.45) is 0 Å². The number of hydrogen-bond acceptors (Lipinski definition) is 10. The van der Waals surface area contributed by atoms with Crippen LogP contribution in [-0.4, -0.2) is 118 Å². The van der Waals surface area contributed by atoms with E-state index in [1.165, 1.54) is 32.1 Å². The van der Waals surface area contributed by atoms with Gasteiger partial charge in [0.2, 0.25) is 0 Å². The predicted octanol–water partition coefficient (Wildman–Crippen LogP) is 4.21. The van der Waals surface area contributed by atoms with E-state index >= 15 is 0 Å². The molecule has 0 aliphatic heterocycles. The predicted molar refractivity (Wildman–Crippen MR) is 150 cm³/mol. The summed E-state index contributed by atoms with van der Waals surface area (Å²) in [6.45, 7) is 13.3.